The number of carbonyl (C=O) groups is 1. The zero-order valence-corrected chi connectivity index (χ0v) is 10.9. The minimum Gasteiger partial charge on any atom is -0.394 e. The second kappa shape index (κ2) is 8.61. The van der Waals surface area contributed by atoms with Gasteiger partial charge in [-0.05, 0) is 39.2 Å². The van der Waals surface area contributed by atoms with E-state index in [9.17, 15) is 4.79 Å². The van der Waals surface area contributed by atoms with Crippen LogP contribution in [-0.2, 0) is 9.53 Å². The molecule has 1 aliphatic rings. The Morgan fingerprint density at radius 1 is 1.35 bits per heavy atom. The summed E-state index contributed by atoms with van der Waals surface area (Å²) in [6, 6.07) is 0. The van der Waals surface area contributed by atoms with E-state index in [2.05, 4.69) is 4.90 Å². The zero-order valence-electron chi connectivity index (χ0n) is 10.9. The largest absolute Gasteiger partial charge is 0.394 e. The van der Waals surface area contributed by atoms with Gasteiger partial charge in [-0.15, -0.1) is 0 Å². The monoisotopic (exact) mass is 243 g/mol. The summed E-state index contributed by atoms with van der Waals surface area (Å²) in [5.41, 5.74) is 0. The van der Waals surface area contributed by atoms with Gasteiger partial charge in [-0.3, -0.25) is 0 Å². The van der Waals surface area contributed by atoms with E-state index in [1.54, 1.807) is 6.92 Å². The molecule has 0 unspecified atom stereocenters. The Labute approximate surface area is 104 Å². The maximum Gasteiger partial charge on any atom is 0.129 e. The molecule has 0 aromatic carbocycles. The molecule has 1 aliphatic heterocycles. The summed E-state index contributed by atoms with van der Waals surface area (Å²) in [4.78, 5) is 13.2. The van der Waals surface area contributed by atoms with E-state index in [1.807, 2.05) is 0 Å². The summed E-state index contributed by atoms with van der Waals surface area (Å²) in [7, 11) is 0. The number of rotatable bonds is 8. The number of piperidine rings is 1. The molecule has 4 heteroatoms. The van der Waals surface area contributed by atoms with Crippen LogP contribution in [0.1, 0.15) is 39.0 Å². The minimum atomic E-state index is 0.116. The number of unbranched alkanes of at least 4 members (excludes halogenated alkanes) is 1. The van der Waals surface area contributed by atoms with Gasteiger partial charge in [0.15, 0.2) is 0 Å². The average molecular weight is 243 g/mol. The van der Waals surface area contributed by atoms with Crippen LogP contribution in [0.5, 0.6) is 0 Å². The van der Waals surface area contributed by atoms with E-state index < -0.39 is 0 Å². The van der Waals surface area contributed by atoms with Gasteiger partial charge in [0.05, 0.1) is 19.3 Å². The van der Waals surface area contributed by atoms with Crippen molar-refractivity contribution in [2.45, 2.75) is 45.1 Å². The van der Waals surface area contributed by atoms with Crippen LogP contribution in [0.2, 0.25) is 0 Å². The van der Waals surface area contributed by atoms with Crippen LogP contribution in [0.15, 0.2) is 0 Å². The molecule has 100 valence electrons. The van der Waals surface area contributed by atoms with Gasteiger partial charge in [0.1, 0.15) is 5.78 Å². The molecule has 17 heavy (non-hydrogen) atoms. The van der Waals surface area contributed by atoms with E-state index in [4.69, 9.17) is 9.84 Å². The Hall–Kier alpha value is -0.450. The number of likely N-dealkylation sites (tertiary alicyclic amines) is 1. The Kier molecular flexibility index (Phi) is 7.40. The molecule has 0 aromatic rings. The first-order valence-electron chi connectivity index (χ1n) is 6.66. The van der Waals surface area contributed by atoms with Gasteiger partial charge in [0, 0.05) is 19.5 Å². The smallest absolute Gasteiger partial charge is 0.129 e. The summed E-state index contributed by atoms with van der Waals surface area (Å²) >= 11 is 0. The van der Waals surface area contributed by atoms with Gasteiger partial charge in [0.25, 0.3) is 0 Å². The fourth-order valence-electron chi connectivity index (χ4n) is 2.23. The maximum atomic E-state index is 10.8. The van der Waals surface area contributed by atoms with Gasteiger partial charge in [-0.25, -0.2) is 0 Å². The number of aliphatic hydroxyl groups excluding tert-OH is 1. The quantitative estimate of drug-likeness (QED) is 0.651. The highest BCUT2D eigenvalue weighted by Gasteiger charge is 2.18. The summed E-state index contributed by atoms with van der Waals surface area (Å²) in [5.74, 6) is 0.293. The fourth-order valence-corrected chi connectivity index (χ4v) is 2.23. The zero-order chi connectivity index (χ0) is 12.5. The first-order chi connectivity index (χ1) is 8.22. The summed E-state index contributed by atoms with van der Waals surface area (Å²) in [6.45, 7) is 5.49. The maximum absolute atomic E-state index is 10.8. The number of ketones is 1. The van der Waals surface area contributed by atoms with Crippen LogP contribution in [0.3, 0.4) is 0 Å². The molecule has 0 atom stereocenters. The van der Waals surface area contributed by atoms with Gasteiger partial charge in [0.2, 0.25) is 0 Å². The summed E-state index contributed by atoms with van der Waals surface area (Å²) in [5, 5.41) is 8.67. The van der Waals surface area contributed by atoms with Crippen molar-refractivity contribution in [2.24, 2.45) is 0 Å². The van der Waals surface area contributed by atoms with Gasteiger partial charge >= 0.3 is 0 Å². The highest BCUT2D eigenvalue weighted by molar-refractivity contribution is 5.75. The van der Waals surface area contributed by atoms with Crippen molar-refractivity contribution in [3.05, 3.63) is 0 Å². The Bertz CT molecular complexity index is 213. The lowest BCUT2D eigenvalue weighted by atomic mass is 10.1. The molecule has 0 saturated carbocycles. The average Bonchev–Trinajstić information content (AvgIpc) is 2.33. The van der Waals surface area contributed by atoms with Crippen LogP contribution >= 0.6 is 0 Å². The molecule has 4 nitrogen and oxygen atoms in total. The molecule has 0 aromatic heterocycles. The van der Waals surface area contributed by atoms with Crippen molar-refractivity contribution in [3.63, 3.8) is 0 Å². The number of ether oxygens (including phenoxy) is 1. The fraction of sp³-hybridized carbons (Fsp3) is 0.923. The van der Waals surface area contributed by atoms with Crippen molar-refractivity contribution < 1.29 is 14.6 Å². The van der Waals surface area contributed by atoms with Crippen LogP contribution in [0.25, 0.3) is 0 Å². The van der Waals surface area contributed by atoms with Crippen LogP contribution in [0.4, 0.5) is 0 Å². The summed E-state index contributed by atoms with van der Waals surface area (Å²) < 4.78 is 5.52. The number of carbonyl (C=O) groups excluding carboxylic acids is 1. The van der Waals surface area contributed by atoms with E-state index in [0.29, 0.717) is 18.5 Å². The summed E-state index contributed by atoms with van der Waals surface area (Å²) in [6.07, 6.45) is 5.30. The minimum absolute atomic E-state index is 0.116. The highest BCUT2D eigenvalue weighted by Crippen LogP contribution is 2.14. The van der Waals surface area contributed by atoms with Crippen molar-refractivity contribution in [1.82, 2.24) is 4.90 Å². The third-order valence-electron chi connectivity index (χ3n) is 3.23. The molecule has 0 spiro atoms. The van der Waals surface area contributed by atoms with E-state index in [0.717, 1.165) is 51.7 Å². The molecular formula is C13H25NO3. The van der Waals surface area contributed by atoms with Crippen molar-refractivity contribution >= 4 is 5.78 Å². The van der Waals surface area contributed by atoms with E-state index in [1.165, 1.54) is 0 Å². The number of aliphatic hydroxyl groups is 1. The van der Waals surface area contributed by atoms with Crippen molar-refractivity contribution in [1.29, 1.82) is 0 Å². The van der Waals surface area contributed by atoms with Gasteiger partial charge in [-0.2, -0.15) is 0 Å². The Morgan fingerprint density at radius 3 is 2.65 bits per heavy atom. The molecule has 1 rings (SSSR count). The highest BCUT2D eigenvalue weighted by atomic mass is 16.5. The topological polar surface area (TPSA) is 49.8 Å². The van der Waals surface area contributed by atoms with Crippen molar-refractivity contribution in [2.75, 3.05) is 32.8 Å². The molecule has 0 aliphatic carbocycles. The molecule has 0 radical (unpaired) electrons. The molecule has 1 N–H and O–H groups in total. The molecule has 1 heterocycles. The Balaban J connectivity index is 2.01. The number of Topliss-reactive ketones (excluding diaryl/α,β-unsaturated/α-hetero) is 1. The molecule has 1 saturated heterocycles. The third-order valence-corrected chi connectivity index (χ3v) is 3.23. The normalized spacial score (nSPS) is 18.5. The predicted octanol–water partition coefficient (Wildman–Crippen LogP) is 1.22. The molecule has 0 bridgehead atoms. The lowest BCUT2D eigenvalue weighted by Crippen LogP contribution is -2.37. The lowest BCUT2D eigenvalue weighted by Gasteiger charge is -2.31. The van der Waals surface area contributed by atoms with Crippen LogP contribution in [0, 0.1) is 0 Å². The van der Waals surface area contributed by atoms with E-state index >= 15 is 0 Å². The predicted molar refractivity (Wildman–Crippen MR) is 67.0 cm³/mol. The van der Waals surface area contributed by atoms with Crippen LogP contribution < -0.4 is 0 Å². The number of hydrogen-bond acceptors (Lipinski definition) is 4. The SMILES string of the molecule is CC(=O)CCCCN1CCC(OCCO)CC1. The van der Waals surface area contributed by atoms with Crippen molar-refractivity contribution in [3.8, 4) is 0 Å². The second-order valence-corrected chi connectivity index (χ2v) is 4.79. The van der Waals surface area contributed by atoms with E-state index in [-0.39, 0.29) is 6.61 Å². The Morgan fingerprint density at radius 2 is 2.06 bits per heavy atom. The molecule has 0 amide bonds. The molecule has 1 fully saturated rings. The van der Waals surface area contributed by atoms with Gasteiger partial charge < -0.3 is 19.5 Å². The second-order valence-electron chi connectivity index (χ2n) is 4.79. The van der Waals surface area contributed by atoms with Crippen LogP contribution in [-0.4, -0.2) is 54.7 Å². The van der Waals surface area contributed by atoms with Gasteiger partial charge in [-0.1, -0.05) is 0 Å². The third kappa shape index (κ3) is 6.76. The first kappa shape index (κ1) is 14.6. The number of nitrogens with zero attached hydrogens (tertiary/aromatic N) is 1. The standard InChI is InChI=1S/C13H25NO3/c1-12(16)4-2-3-7-14-8-5-13(6-9-14)17-11-10-15/h13,15H,2-11H2,1H3. The number of hydrogen-bond donors (Lipinski definition) is 1. The lowest BCUT2D eigenvalue weighted by molar-refractivity contribution is -0.117. The first-order valence-corrected chi connectivity index (χ1v) is 6.66. The molecular weight excluding hydrogens is 218 g/mol.